The fourth-order valence-electron chi connectivity index (χ4n) is 2.04. The maximum atomic E-state index is 12.0. The number of nitrogens with one attached hydrogen (secondary N) is 1. The molecule has 20 heavy (non-hydrogen) atoms. The number of esters is 1. The van der Waals surface area contributed by atoms with Crippen LogP contribution in [0.25, 0.3) is 0 Å². The van der Waals surface area contributed by atoms with Crippen LogP contribution in [0.2, 0.25) is 0 Å². The zero-order valence-electron chi connectivity index (χ0n) is 12.6. The lowest BCUT2D eigenvalue weighted by atomic mass is 9.95. The van der Waals surface area contributed by atoms with Crippen molar-refractivity contribution in [2.45, 2.75) is 49.8 Å². The molecule has 3 nitrogen and oxygen atoms in total. The van der Waals surface area contributed by atoms with Gasteiger partial charge < -0.3 is 10.1 Å². The van der Waals surface area contributed by atoms with Gasteiger partial charge in [-0.2, -0.15) is 0 Å². The summed E-state index contributed by atoms with van der Waals surface area (Å²) in [5.74, 6) is 0.971. The first-order valence-electron chi connectivity index (χ1n) is 7.21. The van der Waals surface area contributed by atoms with Crippen LogP contribution >= 0.6 is 23.1 Å². The molecule has 0 amide bonds. The van der Waals surface area contributed by atoms with E-state index in [1.807, 2.05) is 32.5 Å². The molecule has 0 aliphatic rings. The monoisotopic (exact) mass is 315 g/mol. The van der Waals surface area contributed by atoms with Crippen molar-refractivity contribution in [2.24, 2.45) is 0 Å². The summed E-state index contributed by atoms with van der Waals surface area (Å²) in [6.07, 6.45) is 2.97. The second-order valence-electron chi connectivity index (χ2n) is 4.82. The van der Waals surface area contributed by atoms with Crippen LogP contribution in [0.3, 0.4) is 0 Å². The van der Waals surface area contributed by atoms with Crippen molar-refractivity contribution in [3.63, 3.8) is 0 Å². The van der Waals surface area contributed by atoms with E-state index in [2.05, 4.69) is 22.8 Å². The minimum Gasteiger partial charge on any atom is -0.465 e. The third kappa shape index (κ3) is 5.85. The van der Waals surface area contributed by atoms with Gasteiger partial charge in [-0.25, -0.2) is 0 Å². The zero-order chi connectivity index (χ0) is 14.8. The van der Waals surface area contributed by atoms with Gasteiger partial charge in [-0.15, -0.1) is 23.1 Å². The number of likely N-dealkylation sites (N-methyl/N-ethyl adjacent to an activating group) is 1. The van der Waals surface area contributed by atoms with E-state index < -0.39 is 5.54 Å². The van der Waals surface area contributed by atoms with Gasteiger partial charge in [0.05, 0.1) is 10.8 Å². The summed E-state index contributed by atoms with van der Waals surface area (Å²) in [6, 6.07) is 4.23. The molecule has 0 saturated carbocycles. The van der Waals surface area contributed by atoms with E-state index in [0.29, 0.717) is 6.61 Å². The quantitative estimate of drug-likeness (QED) is 0.403. The molecule has 1 aromatic rings. The molecule has 0 bridgehead atoms. The largest absolute Gasteiger partial charge is 0.465 e. The highest BCUT2D eigenvalue weighted by Crippen LogP contribution is 2.25. The third-order valence-electron chi connectivity index (χ3n) is 3.10. The molecule has 0 radical (unpaired) electrons. The summed E-state index contributed by atoms with van der Waals surface area (Å²) in [5, 5.41) is 5.37. The SMILES string of the molecule is CCNC(C)(CCCCSc1cccs1)C(=O)OCC. The Labute approximate surface area is 130 Å². The first-order chi connectivity index (χ1) is 9.62. The molecule has 5 heteroatoms. The Hall–Kier alpha value is -0.520. The van der Waals surface area contributed by atoms with E-state index in [-0.39, 0.29) is 5.97 Å². The van der Waals surface area contributed by atoms with E-state index in [1.165, 1.54) is 4.21 Å². The summed E-state index contributed by atoms with van der Waals surface area (Å²) in [6.45, 7) is 7.03. The maximum Gasteiger partial charge on any atom is 0.326 e. The summed E-state index contributed by atoms with van der Waals surface area (Å²) < 4.78 is 6.54. The second kappa shape index (κ2) is 9.42. The molecular weight excluding hydrogens is 290 g/mol. The van der Waals surface area contributed by atoms with Crippen LogP contribution in [0.5, 0.6) is 0 Å². The van der Waals surface area contributed by atoms with Gasteiger partial charge in [0.1, 0.15) is 5.54 Å². The zero-order valence-corrected chi connectivity index (χ0v) is 14.2. The highest BCUT2D eigenvalue weighted by Gasteiger charge is 2.32. The van der Waals surface area contributed by atoms with E-state index in [9.17, 15) is 4.79 Å². The lowest BCUT2D eigenvalue weighted by Crippen LogP contribution is -2.50. The minimum absolute atomic E-state index is 0.132. The molecule has 0 aliphatic carbocycles. The molecule has 1 aromatic heterocycles. The Bertz CT molecular complexity index is 381. The van der Waals surface area contributed by atoms with Gasteiger partial charge >= 0.3 is 5.97 Å². The molecule has 0 fully saturated rings. The van der Waals surface area contributed by atoms with E-state index >= 15 is 0 Å². The minimum atomic E-state index is -0.543. The molecule has 0 aliphatic heterocycles. The highest BCUT2D eigenvalue weighted by atomic mass is 32.2. The maximum absolute atomic E-state index is 12.0. The fourth-order valence-corrected chi connectivity index (χ4v) is 3.90. The van der Waals surface area contributed by atoms with Gasteiger partial charge in [0, 0.05) is 0 Å². The Balaban J connectivity index is 2.29. The number of carbonyl (C=O) groups is 1. The lowest BCUT2D eigenvalue weighted by Gasteiger charge is -2.28. The third-order valence-corrected chi connectivity index (χ3v) is 5.32. The van der Waals surface area contributed by atoms with Crippen molar-refractivity contribution in [2.75, 3.05) is 18.9 Å². The number of thiophene rings is 1. The van der Waals surface area contributed by atoms with Gasteiger partial charge in [0.15, 0.2) is 0 Å². The van der Waals surface area contributed by atoms with Gasteiger partial charge in [-0.1, -0.05) is 19.4 Å². The van der Waals surface area contributed by atoms with Crippen LogP contribution in [0.4, 0.5) is 0 Å². The Morgan fingerprint density at radius 2 is 2.25 bits per heavy atom. The molecule has 1 atom stereocenters. The highest BCUT2D eigenvalue weighted by molar-refractivity contribution is 8.01. The van der Waals surface area contributed by atoms with Gasteiger partial charge in [-0.05, 0) is 50.4 Å². The van der Waals surface area contributed by atoms with E-state index in [0.717, 1.165) is 31.6 Å². The Kier molecular flexibility index (Phi) is 8.26. The topological polar surface area (TPSA) is 38.3 Å². The van der Waals surface area contributed by atoms with Crippen molar-refractivity contribution in [1.29, 1.82) is 0 Å². The van der Waals surface area contributed by atoms with Crippen LogP contribution < -0.4 is 5.32 Å². The Morgan fingerprint density at radius 1 is 1.45 bits per heavy atom. The van der Waals surface area contributed by atoms with Crippen LogP contribution in [0.15, 0.2) is 21.7 Å². The van der Waals surface area contributed by atoms with Gasteiger partial charge in [0.25, 0.3) is 0 Å². The number of rotatable bonds is 10. The van der Waals surface area contributed by atoms with Crippen LogP contribution in [-0.4, -0.2) is 30.4 Å². The molecule has 1 rings (SSSR count). The van der Waals surface area contributed by atoms with Crippen LogP contribution in [0.1, 0.15) is 40.0 Å². The standard InChI is InChI=1S/C15H25NO2S2/c1-4-16-15(3,14(17)18-5-2)10-6-7-11-19-13-9-8-12-20-13/h8-9,12,16H,4-7,10-11H2,1-3H3. The van der Waals surface area contributed by atoms with Crippen molar-refractivity contribution in [1.82, 2.24) is 5.32 Å². The van der Waals surface area contributed by atoms with E-state index in [4.69, 9.17) is 4.74 Å². The number of unbranched alkanes of at least 4 members (excludes halogenated alkanes) is 1. The lowest BCUT2D eigenvalue weighted by molar-refractivity contribution is -0.150. The smallest absolute Gasteiger partial charge is 0.326 e. The second-order valence-corrected chi connectivity index (χ2v) is 7.16. The van der Waals surface area contributed by atoms with Crippen molar-refractivity contribution in [3.8, 4) is 0 Å². The number of hydrogen-bond donors (Lipinski definition) is 1. The number of carbonyl (C=O) groups excluding carboxylic acids is 1. The van der Waals surface area contributed by atoms with Crippen LogP contribution in [0, 0.1) is 0 Å². The number of hydrogen-bond acceptors (Lipinski definition) is 5. The normalized spacial score (nSPS) is 13.9. The van der Waals surface area contributed by atoms with Gasteiger partial charge in [-0.3, -0.25) is 4.79 Å². The van der Waals surface area contributed by atoms with Crippen molar-refractivity contribution in [3.05, 3.63) is 17.5 Å². The van der Waals surface area contributed by atoms with Gasteiger partial charge in [0.2, 0.25) is 0 Å². The predicted octanol–water partition coefficient (Wildman–Crippen LogP) is 3.94. The van der Waals surface area contributed by atoms with Crippen molar-refractivity contribution >= 4 is 29.1 Å². The first-order valence-corrected chi connectivity index (χ1v) is 9.07. The number of thioether (sulfide) groups is 1. The van der Waals surface area contributed by atoms with Crippen LogP contribution in [-0.2, 0) is 9.53 Å². The molecule has 1 heterocycles. The predicted molar refractivity (Wildman–Crippen MR) is 87.6 cm³/mol. The summed E-state index contributed by atoms with van der Waals surface area (Å²) in [5.41, 5.74) is -0.543. The molecule has 1 N–H and O–H groups in total. The molecule has 0 spiro atoms. The molecule has 0 saturated heterocycles. The molecule has 0 aromatic carbocycles. The average molecular weight is 316 g/mol. The average Bonchev–Trinajstić information content (AvgIpc) is 2.92. The molecule has 1 unspecified atom stereocenters. The number of ether oxygens (including phenoxy) is 1. The summed E-state index contributed by atoms with van der Waals surface area (Å²) in [4.78, 5) is 12.0. The molecule has 114 valence electrons. The van der Waals surface area contributed by atoms with Crippen molar-refractivity contribution < 1.29 is 9.53 Å². The summed E-state index contributed by atoms with van der Waals surface area (Å²) >= 11 is 3.67. The first kappa shape index (κ1) is 17.5. The molecular formula is C15H25NO2S2. The van der Waals surface area contributed by atoms with E-state index in [1.54, 1.807) is 11.3 Å². The summed E-state index contributed by atoms with van der Waals surface area (Å²) in [7, 11) is 0. The Morgan fingerprint density at radius 3 is 2.85 bits per heavy atom. The fraction of sp³-hybridized carbons (Fsp3) is 0.667.